The van der Waals surface area contributed by atoms with Crippen molar-refractivity contribution in [3.8, 4) is 5.75 Å². The first-order valence-corrected chi connectivity index (χ1v) is 6.65. The minimum absolute atomic E-state index is 0.812. The molecule has 1 aromatic heterocycles. The van der Waals surface area contributed by atoms with Crippen LogP contribution in [-0.2, 0) is 13.1 Å². The maximum absolute atomic E-state index is 5.40. The van der Waals surface area contributed by atoms with E-state index in [-0.39, 0.29) is 0 Å². The summed E-state index contributed by atoms with van der Waals surface area (Å²) >= 11 is 3.50. The molecule has 1 N–H and O–H groups in total. The average molecular weight is 309 g/mol. The van der Waals surface area contributed by atoms with Crippen molar-refractivity contribution in [1.29, 1.82) is 0 Å². The van der Waals surface area contributed by atoms with Gasteiger partial charge < -0.3 is 14.6 Å². The van der Waals surface area contributed by atoms with Crippen LogP contribution in [0, 0.1) is 0 Å². The Morgan fingerprint density at radius 1 is 1.33 bits per heavy atom. The molecule has 0 radical (unpaired) electrons. The molecule has 0 bridgehead atoms. The summed E-state index contributed by atoms with van der Waals surface area (Å²) in [6, 6.07) is 10.3. The van der Waals surface area contributed by atoms with Crippen LogP contribution in [0.15, 0.2) is 41.0 Å². The number of methoxy groups -OCH3 is 1. The van der Waals surface area contributed by atoms with E-state index in [1.807, 2.05) is 19.2 Å². The van der Waals surface area contributed by atoms with Crippen molar-refractivity contribution in [1.82, 2.24) is 9.88 Å². The minimum Gasteiger partial charge on any atom is -0.496 e. The monoisotopic (exact) mass is 308 g/mol. The molecule has 1 heterocycles. The molecule has 2 rings (SSSR count). The van der Waals surface area contributed by atoms with Crippen molar-refractivity contribution in [2.75, 3.05) is 14.2 Å². The third kappa shape index (κ3) is 2.94. The molecule has 0 unspecified atom stereocenters. The zero-order valence-corrected chi connectivity index (χ0v) is 12.2. The molecule has 0 aliphatic rings. The maximum atomic E-state index is 5.40. The lowest BCUT2D eigenvalue weighted by Gasteiger charge is -2.12. The topological polar surface area (TPSA) is 26.2 Å². The van der Waals surface area contributed by atoms with E-state index in [9.17, 15) is 0 Å². The Hall–Kier alpha value is -1.26. The molecule has 0 atom stereocenters. The van der Waals surface area contributed by atoms with Gasteiger partial charge in [-0.05, 0) is 37.4 Å². The number of halogens is 1. The van der Waals surface area contributed by atoms with Crippen molar-refractivity contribution in [2.24, 2.45) is 0 Å². The summed E-state index contributed by atoms with van der Waals surface area (Å²) in [6.07, 6.45) is 2.09. The Labute approximate surface area is 116 Å². The van der Waals surface area contributed by atoms with Crippen LogP contribution in [-0.4, -0.2) is 18.7 Å². The molecule has 0 amide bonds. The number of rotatable bonds is 5. The Bertz CT molecular complexity index is 522. The van der Waals surface area contributed by atoms with Gasteiger partial charge in [-0.3, -0.25) is 0 Å². The first-order valence-electron chi connectivity index (χ1n) is 5.85. The van der Waals surface area contributed by atoms with Gasteiger partial charge in [-0.2, -0.15) is 0 Å². The fourth-order valence-corrected chi connectivity index (χ4v) is 2.41. The number of aromatic nitrogens is 1. The first-order chi connectivity index (χ1) is 8.74. The van der Waals surface area contributed by atoms with Crippen molar-refractivity contribution in [2.45, 2.75) is 13.1 Å². The zero-order valence-electron chi connectivity index (χ0n) is 10.6. The normalized spacial score (nSPS) is 10.6. The quantitative estimate of drug-likeness (QED) is 0.919. The van der Waals surface area contributed by atoms with Gasteiger partial charge in [0.05, 0.1) is 13.7 Å². The highest BCUT2D eigenvalue weighted by molar-refractivity contribution is 9.10. The average Bonchev–Trinajstić information content (AvgIpc) is 2.78. The molecular formula is C14H17BrN2O. The van der Waals surface area contributed by atoms with Gasteiger partial charge in [-0.15, -0.1) is 0 Å². The lowest BCUT2D eigenvalue weighted by Crippen LogP contribution is -2.11. The van der Waals surface area contributed by atoms with Gasteiger partial charge in [0.25, 0.3) is 0 Å². The van der Waals surface area contributed by atoms with Crippen LogP contribution in [0.2, 0.25) is 0 Å². The van der Waals surface area contributed by atoms with E-state index in [1.54, 1.807) is 7.11 Å². The van der Waals surface area contributed by atoms with Crippen LogP contribution < -0.4 is 10.1 Å². The van der Waals surface area contributed by atoms with Crippen LogP contribution in [0.5, 0.6) is 5.75 Å². The molecule has 0 aliphatic heterocycles. The van der Waals surface area contributed by atoms with Crippen molar-refractivity contribution < 1.29 is 4.74 Å². The van der Waals surface area contributed by atoms with E-state index < -0.39 is 0 Å². The van der Waals surface area contributed by atoms with Crippen LogP contribution in [0.1, 0.15) is 11.3 Å². The van der Waals surface area contributed by atoms with Gasteiger partial charge >= 0.3 is 0 Å². The predicted molar refractivity (Wildman–Crippen MR) is 77.0 cm³/mol. The summed E-state index contributed by atoms with van der Waals surface area (Å²) in [4.78, 5) is 0. The molecule has 0 spiro atoms. The van der Waals surface area contributed by atoms with Crippen LogP contribution in [0.4, 0.5) is 0 Å². The van der Waals surface area contributed by atoms with Crippen LogP contribution in [0.25, 0.3) is 0 Å². The predicted octanol–water partition coefficient (Wildman–Crippen LogP) is 3.03. The Morgan fingerprint density at radius 3 is 2.89 bits per heavy atom. The fraction of sp³-hybridized carbons (Fsp3) is 0.286. The Kier molecular flexibility index (Phi) is 4.44. The molecule has 0 saturated heterocycles. The number of nitrogens with zero attached hydrogens (tertiary/aromatic N) is 1. The van der Waals surface area contributed by atoms with Gasteiger partial charge in [-0.1, -0.05) is 15.9 Å². The van der Waals surface area contributed by atoms with Crippen LogP contribution in [0.3, 0.4) is 0 Å². The van der Waals surface area contributed by atoms with Gasteiger partial charge in [0, 0.05) is 28.5 Å². The molecule has 2 aromatic rings. The SMILES string of the molecule is CNCc1cccn1Cc1cc(Br)ccc1OC. The molecule has 4 heteroatoms. The highest BCUT2D eigenvalue weighted by Crippen LogP contribution is 2.24. The molecule has 0 aliphatic carbocycles. The summed E-state index contributed by atoms with van der Waals surface area (Å²) in [5, 5.41) is 3.17. The largest absolute Gasteiger partial charge is 0.496 e. The van der Waals surface area contributed by atoms with E-state index in [1.165, 1.54) is 11.3 Å². The van der Waals surface area contributed by atoms with E-state index in [0.717, 1.165) is 23.3 Å². The molecule has 96 valence electrons. The minimum atomic E-state index is 0.812. The molecule has 1 aromatic carbocycles. The van der Waals surface area contributed by atoms with Gasteiger partial charge in [0.15, 0.2) is 0 Å². The molecule has 0 saturated carbocycles. The molecular weight excluding hydrogens is 292 g/mol. The lowest BCUT2D eigenvalue weighted by molar-refractivity contribution is 0.408. The van der Waals surface area contributed by atoms with Crippen LogP contribution >= 0.6 is 15.9 Å². The number of ether oxygens (including phenoxy) is 1. The second-order valence-corrected chi connectivity index (χ2v) is 5.03. The zero-order chi connectivity index (χ0) is 13.0. The van der Waals surface area contributed by atoms with E-state index in [2.05, 4.69) is 50.2 Å². The standard InChI is InChI=1S/C14H17BrN2O/c1-16-9-13-4-3-7-17(13)10-11-8-12(15)5-6-14(11)18-2/h3-8,16H,9-10H2,1-2H3. The molecule has 3 nitrogen and oxygen atoms in total. The van der Waals surface area contributed by atoms with Crippen molar-refractivity contribution in [3.05, 3.63) is 52.3 Å². The van der Waals surface area contributed by atoms with E-state index >= 15 is 0 Å². The van der Waals surface area contributed by atoms with Crippen molar-refractivity contribution >= 4 is 15.9 Å². The fourth-order valence-electron chi connectivity index (χ4n) is 2.00. The first kappa shape index (κ1) is 13.2. The number of hydrogen-bond acceptors (Lipinski definition) is 2. The lowest BCUT2D eigenvalue weighted by atomic mass is 10.2. The molecule has 0 fully saturated rings. The number of benzene rings is 1. The third-order valence-electron chi connectivity index (χ3n) is 2.86. The van der Waals surface area contributed by atoms with Gasteiger partial charge in [-0.25, -0.2) is 0 Å². The summed E-state index contributed by atoms with van der Waals surface area (Å²) in [5.74, 6) is 0.919. The smallest absolute Gasteiger partial charge is 0.123 e. The Morgan fingerprint density at radius 2 is 2.17 bits per heavy atom. The summed E-state index contributed by atoms with van der Waals surface area (Å²) in [6.45, 7) is 1.68. The summed E-state index contributed by atoms with van der Waals surface area (Å²) in [7, 11) is 3.66. The highest BCUT2D eigenvalue weighted by Gasteiger charge is 2.06. The van der Waals surface area contributed by atoms with Crippen molar-refractivity contribution in [3.63, 3.8) is 0 Å². The number of hydrogen-bond donors (Lipinski definition) is 1. The van der Waals surface area contributed by atoms with E-state index in [0.29, 0.717) is 0 Å². The number of nitrogens with one attached hydrogen (secondary N) is 1. The van der Waals surface area contributed by atoms with E-state index in [4.69, 9.17) is 4.74 Å². The van der Waals surface area contributed by atoms with Gasteiger partial charge in [0.1, 0.15) is 5.75 Å². The third-order valence-corrected chi connectivity index (χ3v) is 3.36. The summed E-state index contributed by atoms with van der Waals surface area (Å²) in [5.41, 5.74) is 2.43. The maximum Gasteiger partial charge on any atom is 0.123 e. The van der Waals surface area contributed by atoms with Gasteiger partial charge in [0.2, 0.25) is 0 Å². The highest BCUT2D eigenvalue weighted by atomic mass is 79.9. The molecule has 18 heavy (non-hydrogen) atoms. The summed E-state index contributed by atoms with van der Waals surface area (Å²) < 4.78 is 8.69. The second-order valence-electron chi connectivity index (χ2n) is 4.11. The second kappa shape index (κ2) is 6.07. The Balaban J connectivity index is 2.27.